The van der Waals surface area contributed by atoms with E-state index in [0.717, 1.165) is 16.5 Å². The minimum absolute atomic E-state index is 0.0591. The van der Waals surface area contributed by atoms with Gasteiger partial charge in [0.1, 0.15) is 18.1 Å². The summed E-state index contributed by atoms with van der Waals surface area (Å²) in [7, 11) is 0. The number of rotatable bonds is 21. The summed E-state index contributed by atoms with van der Waals surface area (Å²) >= 11 is 0. The van der Waals surface area contributed by atoms with Crippen LogP contribution in [0.1, 0.15) is 56.9 Å². The van der Waals surface area contributed by atoms with Crippen LogP contribution in [0.5, 0.6) is 0 Å². The molecule has 0 aliphatic heterocycles. The molecule has 1 aromatic heterocycles. The van der Waals surface area contributed by atoms with E-state index in [0.29, 0.717) is 51.7 Å². The number of carbonyl (C=O) groups excluding carboxylic acids is 3. The summed E-state index contributed by atoms with van der Waals surface area (Å²) in [6, 6.07) is 3.28. The van der Waals surface area contributed by atoms with E-state index in [4.69, 9.17) is 28.7 Å². The monoisotopic (exact) mass is 616 g/mol. The Kier molecular flexibility index (Phi) is 15.7. The second-order valence-corrected chi connectivity index (χ2v) is 10.7. The Morgan fingerprint density at radius 1 is 0.795 bits per heavy atom. The molecular formula is C29H48N10O5. The molecule has 44 heavy (non-hydrogen) atoms. The second-order valence-electron chi connectivity index (χ2n) is 10.7. The van der Waals surface area contributed by atoms with Crippen molar-refractivity contribution in [3.05, 3.63) is 36.0 Å². The van der Waals surface area contributed by atoms with Gasteiger partial charge in [0.2, 0.25) is 17.7 Å². The third-order valence-corrected chi connectivity index (χ3v) is 7.18. The van der Waals surface area contributed by atoms with Gasteiger partial charge in [0, 0.05) is 30.1 Å². The third-order valence-electron chi connectivity index (χ3n) is 7.18. The molecule has 4 unspecified atom stereocenters. The fraction of sp³-hybridized carbons (Fsp3) is 0.552. The average Bonchev–Trinajstić information content (AvgIpc) is 3.40. The lowest BCUT2D eigenvalue weighted by molar-refractivity contribution is -0.142. The first-order valence-corrected chi connectivity index (χ1v) is 15.0. The molecule has 244 valence electrons. The quantitative estimate of drug-likeness (QED) is 0.0458. The lowest BCUT2D eigenvalue weighted by Crippen LogP contribution is -2.57. The number of hydrogen-bond acceptors (Lipinski definition) is 8. The van der Waals surface area contributed by atoms with Gasteiger partial charge in [-0.15, -0.1) is 0 Å². The number of aromatic nitrogens is 1. The van der Waals surface area contributed by atoms with Gasteiger partial charge in [-0.1, -0.05) is 18.2 Å². The minimum atomic E-state index is -1.19. The number of aromatic amines is 1. The fourth-order valence-corrected chi connectivity index (χ4v) is 4.72. The topological polar surface area (TPSA) is 283 Å². The Morgan fingerprint density at radius 3 is 2.02 bits per heavy atom. The number of carboxylic acids is 1. The number of unbranched alkanes of at least 4 members (excludes halogenated alkanes) is 2. The van der Waals surface area contributed by atoms with E-state index < -0.39 is 47.9 Å². The summed E-state index contributed by atoms with van der Waals surface area (Å²) < 4.78 is 0. The van der Waals surface area contributed by atoms with E-state index in [-0.39, 0.29) is 31.6 Å². The van der Waals surface area contributed by atoms with Crippen molar-refractivity contribution in [2.45, 2.75) is 82.0 Å². The number of guanidine groups is 1. The number of nitrogens with zero attached hydrogens (tertiary/aromatic N) is 1. The molecule has 15 nitrogen and oxygen atoms in total. The molecule has 0 bridgehead atoms. The lowest BCUT2D eigenvalue weighted by atomic mass is 10.0. The molecule has 0 aliphatic rings. The van der Waals surface area contributed by atoms with Crippen LogP contribution in [0.25, 0.3) is 10.9 Å². The normalized spacial score (nSPS) is 13.8. The Balaban J connectivity index is 2.25. The smallest absolute Gasteiger partial charge is 0.326 e. The number of H-pyrrole nitrogens is 1. The van der Waals surface area contributed by atoms with Gasteiger partial charge in [-0.25, -0.2) is 4.79 Å². The van der Waals surface area contributed by atoms with Crippen LogP contribution in [0.3, 0.4) is 0 Å². The highest BCUT2D eigenvalue weighted by molar-refractivity contribution is 5.94. The van der Waals surface area contributed by atoms with Crippen LogP contribution in [0.4, 0.5) is 0 Å². The van der Waals surface area contributed by atoms with Crippen LogP contribution >= 0.6 is 0 Å². The van der Waals surface area contributed by atoms with Crippen LogP contribution in [0.15, 0.2) is 35.5 Å². The molecule has 0 saturated heterocycles. The highest BCUT2D eigenvalue weighted by Gasteiger charge is 2.30. The standard InChI is InChI=1S/C29H48N10O5/c30-13-5-3-11-22(37-25(40)20(32)9-7-15-35-29(33)34)26(41)39-24(16-18-17-36-21-10-2-1-8-19(18)21)27(42)38-23(28(43)44)12-4-6-14-31/h1-2,8,10,17,20,22-24,36H,3-7,9,11-16,30-32H2,(H,37,40)(H,38,42)(H,39,41)(H,43,44)(H4,33,34,35). The maximum atomic E-state index is 13.6. The number of carbonyl (C=O) groups is 4. The van der Waals surface area contributed by atoms with Crippen molar-refractivity contribution in [2.24, 2.45) is 33.7 Å². The molecule has 0 radical (unpaired) electrons. The predicted octanol–water partition coefficient (Wildman–Crippen LogP) is -1.11. The van der Waals surface area contributed by atoms with Crippen molar-refractivity contribution < 1.29 is 24.3 Å². The number of amides is 3. The maximum Gasteiger partial charge on any atom is 0.326 e. The van der Waals surface area contributed by atoms with Gasteiger partial charge < -0.3 is 54.7 Å². The molecule has 2 aromatic rings. The second kappa shape index (κ2) is 19.1. The van der Waals surface area contributed by atoms with E-state index in [1.54, 1.807) is 6.20 Å². The van der Waals surface area contributed by atoms with E-state index in [9.17, 15) is 24.3 Å². The fourth-order valence-electron chi connectivity index (χ4n) is 4.72. The van der Waals surface area contributed by atoms with Gasteiger partial charge in [-0.2, -0.15) is 0 Å². The first-order valence-electron chi connectivity index (χ1n) is 15.0. The summed E-state index contributed by atoms with van der Waals surface area (Å²) in [6.07, 6.45) is 5.27. The van der Waals surface area contributed by atoms with Crippen molar-refractivity contribution >= 4 is 40.6 Å². The molecule has 1 aromatic carbocycles. The molecule has 1 heterocycles. The van der Waals surface area contributed by atoms with E-state index in [1.807, 2.05) is 24.3 Å². The summed E-state index contributed by atoms with van der Waals surface area (Å²) in [5, 5.41) is 18.6. The molecule has 0 fully saturated rings. The zero-order chi connectivity index (χ0) is 32.5. The zero-order valence-corrected chi connectivity index (χ0v) is 25.1. The third kappa shape index (κ3) is 12.2. The molecule has 0 saturated carbocycles. The number of nitrogens with two attached hydrogens (primary N) is 5. The molecular weight excluding hydrogens is 568 g/mol. The van der Waals surface area contributed by atoms with E-state index in [1.165, 1.54) is 0 Å². The van der Waals surface area contributed by atoms with Gasteiger partial charge in [-0.05, 0) is 76.1 Å². The van der Waals surface area contributed by atoms with E-state index >= 15 is 0 Å². The highest BCUT2D eigenvalue weighted by Crippen LogP contribution is 2.19. The average molecular weight is 617 g/mol. The predicted molar refractivity (Wildman–Crippen MR) is 169 cm³/mol. The Morgan fingerprint density at radius 2 is 1.39 bits per heavy atom. The SMILES string of the molecule is NCCCCC(NC(=O)C(Cc1c[nH]c2ccccc12)NC(=O)C(CCCCN)NC(=O)C(N)CCCN=C(N)N)C(=O)O. The lowest BCUT2D eigenvalue weighted by Gasteiger charge is -2.25. The zero-order valence-electron chi connectivity index (χ0n) is 25.1. The first-order chi connectivity index (χ1) is 21.1. The molecule has 4 atom stereocenters. The summed E-state index contributed by atoms with van der Waals surface area (Å²) in [4.78, 5) is 59.0. The van der Waals surface area contributed by atoms with E-state index in [2.05, 4.69) is 25.9 Å². The van der Waals surface area contributed by atoms with Gasteiger partial charge in [0.15, 0.2) is 5.96 Å². The molecule has 15 heteroatoms. The first kappa shape index (κ1) is 36.0. The highest BCUT2D eigenvalue weighted by atomic mass is 16.4. The summed E-state index contributed by atoms with van der Waals surface area (Å²) in [6.45, 7) is 1.10. The Bertz CT molecular complexity index is 1250. The number of benzene rings is 1. The number of para-hydroxylation sites is 1. The van der Waals surface area contributed by atoms with Crippen molar-refractivity contribution in [2.75, 3.05) is 19.6 Å². The Hall–Kier alpha value is -4.21. The number of fused-ring (bicyclic) bond motifs is 1. The number of nitrogens with one attached hydrogen (secondary N) is 4. The van der Waals surface area contributed by atoms with Crippen LogP contribution in [-0.4, -0.2) is 83.5 Å². The molecule has 15 N–H and O–H groups in total. The maximum absolute atomic E-state index is 13.6. The number of hydrogen-bond donors (Lipinski definition) is 10. The summed E-state index contributed by atoms with van der Waals surface area (Å²) in [5.74, 6) is -3.04. The number of aliphatic carboxylic acids is 1. The van der Waals surface area contributed by atoms with Crippen molar-refractivity contribution in [1.29, 1.82) is 0 Å². The van der Waals surface area contributed by atoms with Crippen LogP contribution in [0.2, 0.25) is 0 Å². The van der Waals surface area contributed by atoms with Gasteiger partial charge in [0.25, 0.3) is 0 Å². The largest absolute Gasteiger partial charge is 0.480 e. The van der Waals surface area contributed by atoms with Gasteiger partial charge >= 0.3 is 5.97 Å². The van der Waals surface area contributed by atoms with Crippen molar-refractivity contribution in [3.63, 3.8) is 0 Å². The van der Waals surface area contributed by atoms with Crippen molar-refractivity contribution in [3.8, 4) is 0 Å². The van der Waals surface area contributed by atoms with Crippen LogP contribution in [0, 0.1) is 0 Å². The van der Waals surface area contributed by atoms with Crippen LogP contribution < -0.4 is 44.6 Å². The molecule has 2 rings (SSSR count). The number of aliphatic imine (C=N–C) groups is 1. The Labute approximate surface area is 257 Å². The molecule has 0 spiro atoms. The molecule has 0 aliphatic carbocycles. The van der Waals surface area contributed by atoms with Crippen LogP contribution in [-0.2, 0) is 25.6 Å². The van der Waals surface area contributed by atoms with Crippen molar-refractivity contribution in [1.82, 2.24) is 20.9 Å². The summed E-state index contributed by atoms with van der Waals surface area (Å²) in [5.41, 5.74) is 29.5. The minimum Gasteiger partial charge on any atom is -0.480 e. The van der Waals surface area contributed by atoms with Gasteiger partial charge in [-0.3, -0.25) is 19.4 Å². The van der Waals surface area contributed by atoms with Gasteiger partial charge in [0.05, 0.1) is 6.04 Å². The molecule has 3 amide bonds. The number of carboxylic acid groups (broad SMARTS) is 1.